The molecule has 0 atom stereocenters. The van der Waals surface area contributed by atoms with Crippen LogP contribution in [0.1, 0.15) is 22.3 Å². The minimum atomic E-state index is -1.04. The van der Waals surface area contributed by atoms with Gasteiger partial charge in [0.2, 0.25) is 0 Å². The van der Waals surface area contributed by atoms with Gasteiger partial charge in [-0.2, -0.15) is 0 Å². The number of rotatable bonds is 4. The highest BCUT2D eigenvalue weighted by Crippen LogP contribution is 2.21. The van der Waals surface area contributed by atoms with Crippen molar-refractivity contribution in [2.24, 2.45) is 0 Å². The maximum atomic E-state index is 10.5. The Morgan fingerprint density at radius 3 is 2.11 bits per heavy atom. The molecule has 0 saturated carbocycles. The first kappa shape index (κ1) is 13.7. The van der Waals surface area contributed by atoms with E-state index < -0.39 is 11.9 Å². The number of hydrogen-bond acceptors (Lipinski definition) is 2. The van der Waals surface area contributed by atoms with E-state index in [1.54, 1.807) is 6.07 Å². The van der Waals surface area contributed by atoms with Crippen LogP contribution in [0.25, 0.3) is 12.2 Å². The molecule has 0 aliphatic heterocycles. The van der Waals surface area contributed by atoms with Crippen LogP contribution >= 0.6 is 0 Å². The molecule has 0 aliphatic rings. The molecule has 0 amide bonds. The van der Waals surface area contributed by atoms with Gasteiger partial charge in [0.25, 0.3) is 0 Å². The van der Waals surface area contributed by atoms with Crippen molar-refractivity contribution >= 4 is 24.1 Å². The monoisotopic (exact) mass is 246 g/mol. The van der Waals surface area contributed by atoms with E-state index in [4.69, 9.17) is 10.2 Å². The molecular weight excluding hydrogens is 232 g/mol. The molecule has 0 bridgehead atoms. The highest BCUT2D eigenvalue weighted by atomic mass is 16.4. The minimum absolute atomic E-state index is 0.679. The lowest BCUT2D eigenvalue weighted by Gasteiger charge is -2.08. The standard InChI is InChI=1S/C14H14O4/c1-9-3-4-11(5-7-13(15)16)12(10(9)2)6-8-14(17)18/h3-8H,1-2H3,(H,15,16)(H,17,18). The third kappa shape index (κ3) is 3.59. The molecule has 94 valence electrons. The van der Waals surface area contributed by atoms with Gasteiger partial charge >= 0.3 is 11.9 Å². The van der Waals surface area contributed by atoms with Crippen LogP contribution in [0.3, 0.4) is 0 Å². The molecule has 0 heterocycles. The third-order valence-electron chi connectivity index (χ3n) is 2.62. The van der Waals surface area contributed by atoms with Crippen molar-refractivity contribution in [2.75, 3.05) is 0 Å². The third-order valence-corrected chi connectivity index (χ3v) is 2.62. The van der Waals surface area contributed by atoms with Gasteiger partial charge in [-0.3, -0.25) is 0 Å². The average Bonchev–Trinajstić information content (AvgIpc) is 2.29. The SMILES string of the molecule is Cc1ccc(C=CC(=O)O)c(C=CC(=O)O)c1C. The maximum absolute atomic E-state index is 10.5. The lowest BCUT2D eigenvalue weighted by Crippen LogP contribution is -1.93. The first-order valence-corrected chi connectivity index (χ1v) is 5.34. The summed E-state index contributed by atoms with van der Waals surface area (Å²) in [6.07, 6.45) is 5.00. The van der Waals surface area contributed by atoms with Gasteiger partial charge in [0.15, 0.2) is 0 Å². The van der Waals surface area contributed by atoms with E-state index in [1.165, 1.54) is 12.2 Å². The van der Waals surface area contributed by atoms with Gasteiger partial charge in [-0.1, -0.05) is 12.1 Å². The number of aliphatic carboxylic acids is 2. The lowest BCUT2D eigenvalue weighted by atomic mass is 9.97. The zero-order chi connectivity index (χ0) is 13.7. The average molecular weight is 246 g/mol. The number of carboxylic acids is 2. The fourth-order valence-electron chi connectivity index (χ4n) is 1.54. The second-order valence-corrected chi connectivity index (χ2v) is 3.85. The smallest absolute Gasteiger partial charge is 0.328 e. The van der Waals surface area contributed by atoms with Crippen molar-refractivity contribution in [2.45, 2.75) is 13.8 Å². The van der Waals surface area contributed by atoms with Crippen LogP contribution in [-0.4, -0.2) is 22.2 Å². The molecule has 4 heteroatoms. The molecule has 4 nitrogen and oxygen atoms in total. The molecule has 0 aromatic heterocycles. The Morgan fingerprint density at radius 1 is 1.00 bits per heavy atom. The van der Waals surface area contributed by atoms with Crippen LogP contribution in [0.4, 0.5) is 0 Å². The highest BCUT2D eigenvalue weighted by molar-refractivity contribution is 5.89. The van der Waals surface area contributed by atoms with E-state index in [1.807, 2.05) is 19.9 Å². The van der Waals surface area contributed by atoms with Crippen LogP contribution in [-0.2, 0) is 9.59 Å². The quantitative estimate of drug-likeness (QED) is 0.800. The van der Waals surface area contributed by atoms with E-state index >= 15 is 0 Å². The molecule has 0 saturated heterocycles. The van der Waals surface area contributed by atoms with Crippen molar-refractivity contribution in [3.05, 3.63) is 46.5 Å². The van der Waals surface area contributed by atoms with Crippen molar-refractivity contribution in [3.8, 4) is 0 Å². The Hall–Kier alpha value is -2.36. The summed E-state index contributed by atoms with van der Waals surface area (Å²) in [6.45, 7) is 3.78. The van der Waals surface area contributed by atoms with Gasteiger partial charge < -0.3 is 10.2 Å². The Kier molecular flexibility index (Phi) is 4.43. The van der Waals surface area contributed by atoms with Gasteiger partial charge in [-0.05, 0) is 48.3 Å². The summed E-state index contributed by atoms with van der Waals surface area (Å²) in [7, 11) is 0. The summed E-state index contributed by atoms with van der Waals surface area (Å²) in [4.78, 5) is 21.1. The molecule has 2 N–H and O–H groups in total. The summed E-state index contributed by atoms with van der Waals surface area (Å²) < 4.78 is 0. The van der Waals surface area contributed by atoms with Gasteiger partial charge in [0, 0.05) is 12.2 Å². The predicted molar refractivity (Wildman–Crippen MR) is 69.3 cm³/mol. The highest BCUT2D eigenvalue weighted by Gasteiger charge is 2.04. The zero-order valence-electron chi connectivity index (χ0n) is 10.2. The fraction of sp³-hybridized carbons (Fsp3) is 0.143. The van der Waals surface area contributed by atoms with Crippen molar-refractivity contribution in [1.29, 1.82) is 0 Å². The molecule has 18 heavy (non-hydrogen) atoms. The molecule has 0 unspecified atom stereocenters. The number of aryl methyl sites for hydroxylation is 1. The topological polar surface area (TPSA) is 74.6 Å². The van der Waals surface area contributed by atoms with Gasteiger partial charge in [-0.15, -0.1) is 0 Å². The summed E-state index contributed by atoms with van der Waals surface area (Å²) in [5.74, 6) is -2.08. The molecule has 0 radical (unpaired) electrons. The lowest BCUT2D eigenvalue weighted by molar-refractivity contribution is -0.132. The van der Waals surface area contributed by atoms with Crippen LogP contribution in [0, 0.1) is 13.8 Å². The Morgan fingerprint density at radius 2 is 1.56 bits per heavy atom. The summed E-state index contributed by atoms with van der Waals surface area (Å²) >= 11 is 0. The van der Waals surface area contributed by atoms with E-state index in [2.05, 4.69) is 0 Å². The summed E-state index contributed by atoms with van der Waals surface area (Å²) in [5.41, 5.74) is 3.35. The first-order chi connectivity index (χ1) is 8.41. The van der Waals surface area contributed by atoms with Gasteiger partial charge in [0.1, 0.15) is 0 Å². The second-order valence-electron chi connectivity index (χ2n) is 3.85. The van der Waals surface area contributed by atoms with Crippen molar-refractivity contribution < 1.29 is 19.8 Å². The summed E-state index contributed by atoms with van der Waals surface area (Å²) in [6, 6.07) is 3.64. The van der Waals surface area contributed by atoms with Crippen molar-refractivity contribution in [1.82, 2.24) is 0 Å². The van der Waals surface area contributed by atoms with E-state index in [0.29, 0.717) is 5.56 Å². The molecule has 0 fully saturated rings. The molecule has 1 aromatic carbocycles. The Balaban J connectivity index is 3.29. The Labute approximate surface area is 105 Å². The number of hydrogen-bond donors (Lipinski definition) is 2. The van der Waals surface area contributed by atoms with Crippen LogP contribution in [0.5, 0.6) is 0 Å². The van der Waals surface area contributed by atoms with E-state index in [0.717, 1.165) is 28.8 Å². The fourth-order valence-corrected chi connectivity index (χ4v) is 1.54. The van der Waals surface area contributed by atoms with E-state index in [-0.39, 0.29) is 0 Å². The zero-order valence-corrected chi connectivity index (χ0v) is 10.2. The second kappa shape index (κ2) is 5.82. The van der Waals surface area contributed by atoms with Gasteiger partial charge in [-0.25, -0.2) is 9.59 Å². The number of carbonyl (C=O) groups is 2. The summed E-state index contributed by atoms with van der Waals surface area (Å²) in [5, 5.41) is 17.3. The normalized spacial score (nSPS) is 11.2. The van der Waals surface area contributed by atoms with Crippen molar-refractivity contribution in [3.63, 3.8) is 0 Å². The van der Waals surface area contributed by atoms with Crippen LogP contribution < -0.4 is 0 Å². The first-order valence-electron chi connectivity index (χ1n) is 5.34. The maximum Gasteiger partial charge on any atom is 0.328 e. The molecule has 0 spiro atoms. The minimum Gasteiger partial charge on any atom is -0.478 e. The van der Waals surface area contributed by atoms with Crippen LogP contribution in [0.15, 0.2) is 24.3 Å². The largest absolute Gasteiger partial charge is 0.478 e. The predicted octanol–water partition coefficient (Wildman–Crippen LogP) is 2.50. The van der Waals surface area contributed by atoms with Gasteiger partial charge in [0.05, 0.1) is 0 Å². The molecule has 1 rings (SSSR count). The molecular formula is C14H14O4. The Bertz CT molecular complexity index is 539. The van der Waals surface area contributed by atoms with E-state index in [9.17, 15) is 9.59 Å². The molecule has 0 aliphatic carbocycles. The van der Waals surface area contributed by atoms with Crippen LogP contribution in [0.2, 0.25) is 0 Å². The molecule has 1 aromatic rings. The number of benzene rings is 1. The number of carboxylic acid groups (broad SMARTS) is 2.